The fourth-order valence-corrected chi connectivity index (χ4v) is 4.26. The van der Waals surface area contributed by atoms with Crippen molar-refractivity contribution < 1.29 is 9.66 Å². The van der Waals surface area contributed by atoms with Gasteiger partial charge in [0.15, 0.2) is 5.75 Å². The second-order valence-electron chi connectivity index (χ2n) is 9.19. The molecule has 0 aliphatic rings. The lowest BCUT2D eigenvalue weighted by Crippen LogP contribution is -2.25. The van der Waals surface area contributed by atoms with Crippen LogP contribution < -0.4 is 10.1 Å². The van der Waals surface area contributed by atoms with Gasteiger partial charge in [0, 0.05) is 18.2 Å². The zero-order valence-corrected chi connectivity index (χ0v) is 21.2. The van der Waals surface area contributed by atoms with Crippen molar-refractivity contribution in [3.63, 3.8) is 0 Å². The quantitative estimate of drug-likeness (QED) is 0.189. The Bertz CT molecular complexity index is 1050. The fourth-order valence-electron chi connectivity index (χ4n) is 4.26. The van der Waals surface area contributed by atoms with E-state index in [4.69, 9.17) is 4.74 Å². The van der Waals surface area contributed by atoms with Crippen LogP contribution in [-0.2, 0) is 13.0 Å². The number of nitro groups is 1. The summed E-state index contributed by atoms with van der Waals surface area (Å²) in [4.78, 5) is 11.5. The molecule has 0 aliphatic carbocycles. The molecule has 3 rings (SSSR count). The van der Waals surface area contributed by atoms with Gasteiger partial charge in [0.05, 0.1) is 4.92 Å². The highest BCUT2D eigenvalue weighted by Crippen LogP contribution is 2.33. The maximum Gasteiger partial charge on any atom is 0.311 e. The molecule has 3 aromatic rings. The van der Waals surface area contributed by atoms with E-state index in [1.807, 2.05) is 36.4 Å². The standard InChI is InChI=1S/C30H38N2O3/c1-4-6-11-24-15-17-26(18-16-24)23(3)31-28(14-7-5-2)27-19-20-30(29(21-27)32(33)34)35-22-25-12-9-8-10-13-25/h8-10,12-13,15-21,23,28,31H,4-7,11,14,22H2,1-3H3. The van der Waals surface area contributed by atoms with Gasteiger partial charge in [-0.15, -0.1) is 0 Å². The van der Waals surface area contributed by atoms with E-state index in [-0.39, 0.29) is 22.7 Å². The lowest BCUT2D eigenvalue weighted by molar-refractivity contribution is -0.386. The molecule has 0 heterocycles. The second kappa shape index (κ2) is 13.6. The molecule has 0 bridgehead atoms. The van der Waals surface area contributed by atoms with Gasteiger partial charge in [-0.2, -0.15) is 0 Å². The van der Waals surface area contributed by atoms with E-state index in [9.17, 15) is 10.1 Å². The summed E-state index contributed by atoms with van der Waals surface area (Å²) in [6.07, 6.45) is 6.54. The van der Waals surface area contributed by atoms with Gasteiger partial charge in [0.2, 0.25) is 0 Å². The topological polar surface area (TPSA) is 64.4 Å². The summed E-state index contributed by atoms with van der Waals surface area (Å²) in [6, 6.07) is 24.0. The van der Waals surface area contributed by atoms with Gasteiger partial charge in [0.1, 0.15) is 6.61 Å². The van der Waals surface area contributed by atoms with E-state index in [1.165, 1.54) is 24.0 Å². The first-order chi connectivity index (χ1) is 17.0. The predicted octanol–water partition coefficient (Wildman–Crippen LogP) is 8.10. The number of nitro benzene ring substituents is 1. The summed E-state index contributed by atoms with van der Waals surface area (Å²) in [5.74, 6) is 0.299. The van der Waals surface area contributed by atoms with Crippen molar-refractivity contribution in [3.8, 4) is 5.75 Å². The van der Waals surface area contributed by atoms with Crippen LogP contribution in [0.5, 0.6) is 5.75 Å². The van der Waals surface area contributed by atoms with Crippen LogP contribution in [-0.4, -0.2) is 4.92 Å². The fraction of sp³-hybridized carbons (Fsp3) is 0.400. The number of ether oxygens (including phenoxy) is 1. The van der Waals surface area contributed by atoms with Gasteiger partial charge >= 0.3 is 5.69 Å². The van der Waals surface area contributed by atoms with Crippen molar-refractivity contribution in [1.82, 2.24) is 5.32 Å². The zero-order valence-electron chi connectivity index (χ0n) is 21.2. The monoisotopic (exact) mass is 474 g/mol. The first-order valence-corrected chi connectivity index (χ1v) is 12.8. The van der Waals surface area contributed by atoms with Crippen LogP contribution in [0.25, 0.3) is 0 Å². The number of rotatable bonds is 14. The smallest absolute Gasteiger partial charge is 0.311 e. The average molecular weight is 475 g/mol. The van der Waals surface area contributed by atoms with E-state index < -0.39 is 0 Å². The normalized spacial score (nSPS) is 12.8. The number of unbranched alkanes of at least 4 members (excludes halogenated alkanes) is 2. The van der Waals surface area contributed by atoms with Crippen LogP contribution in [0.15, 0.2) is 72.8 Å². The number of nitrogens with zero attached hydrogens (tertiary/aromatic N) is 1. The Balaban J connectivity index is 1.76. The average Bonchev–Trinajstić information content (AvgIpc) is 2.89. The molecule has 35 heavy (non-hydrogen) atoms. The highest BCUT2D eigenvalue weighted by molar-refractivity contribution is 5.49. The Morgan fingerprint density at radius 1 is 0.886 bits per heavy atom. The van der Waals surface area contributed by atoms with Crippen molar-refractivity contribution in [3.05, 3.63) is 105 Å². The van der Waals surface area contributed by atoms with Gasteiger partial charge in [-0.05, 0) is 54.5 Å². The van der Waals surface area contributed by atoms with Crippen molar-refractivity contribution in [2.45, 2.75) is 78.0 Å². The molecule has 2 unspecified atom stereocenters. The molecule has 1 N–H and O–H groups in total. The molecule has 0 saturated carbocycles. The first kappa shape index (κ1) is 26.4. The molecule has 0 aromatic heterocycles. The van der Waals surface area contributed by atoms with Crippen molar-refractivity contribution >= 4 is 5.69 Å². The molecule has 0 saturated heterocycles. The molecule has 0 aliphatic heterocycles. The lowest BCUT2D eigenvalue weighted by atomic mass is 9.97. The van der Waals surface area contributed by atoms with E-state index in [0.29, 0.717) is 12.4 Å². The van der Waals surface area contributed by atoms with Crippen LogP contribution in [0.3, 0.4) is 0 Å². The van der Waals surface area contributed by atoms with Crippen LogP contribution >= 0.6 is 0 Å². The van der Waals surface area contributed by atoms with Gasteiger partial charge in [0.25, 0.3) is 0 Å². The molecule has 0 fully saturated rings. The third-order valence-electron chi connectivity index (χ3n) is 6.42. The minimum absolute atomic E-state index is 0.00894. The molecule has 0 spiro atoms. The van der Waals surface area contributed by atoms with E-state index in [1.54, 1.807) is 12.1 Å². The summed E-state index contributed by atoms with van der Waals surface area (Å²) < 4.78 is 5.83. The number of aryl methyl sites for hydroxylation is 1. The second-order valence-corrected chi connectivity index (χ2v) is 9.19. The largest absolute Gasteiger partial charge is 0.482 e. The van der Waals surface area contributed by atoms with Crippen LogP contribution in [0.4, 0.5) is 5.69 Å². The Hall–Kier alpha value is -3.18. The highest BCUT2D eigenvalue weighted by Gasteiger charge is 2.21. The molecular formula is C30H38N2O3. The maximum absolute atomic E-state index is 11.9. The maximum atomic E-state index is 11.9. The van der Waals surface area contributed by atoms with Gasteiger partial charge in [-0.1, -0.05) is 93.8 Å². The lowest BCUT2D eigenvalue weighted by Gasteiger charge is -2.24. The van der Waals surface area contributed by atoms with E-state index in [2.05, 4.69) is 50.4 Å². The Kier molecular flexibility index (Phi) is 10.3. The highest BCUT2D eigenvalue weighted by atomic mass is 16.6. The van der Waals surface area contributed by atoms with Crippen LogP contribution in [0, 0.1) is 10.1 Å². The minimum atomic E-state index is -0.348. The van der Waals surface area contributed by atoms with Crippen molar-refractivity contribution in [2.75, 3.05) is 0 Å². The summed E-state index contributed by atoms with van der Waals surface area (Å²) in [5.41, 5.74) is 4.50. The third-order valence-corrected chi connectivity index (χ3v) is 6.42. The Morgan fingerprint density at radius 2 is 1.57 bits per heavy atom. The first-order valence-electron chi connectivity index (χ1n) is 12.8. The zero-order chi connectivity index (χ0) is 25.0. The molecule has 0 amide bonds. The minimum Gasteiger partial charge on any atom is -0.482 e. The molecule has 5 heteroatoms. The van der Waals surface area contributed by atoms with Gasteiger partial charge in [-0.3, -0.25) is 10.1 Å². The van der Waals surface area contributed by atoms with Gasteiger partial charge in [-0.25, -0.2) is 0 Å². The van der Waals surface area contributed by atoms with Crippen molar-refractivity contribution in [2.24, 2.45) is 0 Å². The summed E-state index contributed by atoms with van der Waals surface area (Å²) in [5, 5.41) is 15.6. The molecular weight excluding hydrogens is 436 g/mol. The number of benzene rings is 3. The number of hydrogen-bond donors (Lipinski definition) is 1. The summed E-state index contributed by atoms with van der Waals surface area (Å²) >= 11 is 0. The number of nitrogens with one attached hydrogen (secondary N) is 1. The SMILES string of the molecule is CCCCc1ccc(C(C)NC(CCCC)c2ccc(OCc3ccccc3)c([N+](=O)[O-])c2)cc1. The summed E-state index contributed by atoms with van der Waals surface area (Å²) in [6.45, 7) is 6.83. The molecule has 3 aromatic carbocycles. The summed E-state index contributed by atoms with van der Waals surface area (Å²) in [7, 11) is 0. The van der Waals surface area contributed by atoms with Crippen LogP contribution in [0.1, 0.15) is 87.2 Å². The van der Waals surface area contributed by atoms with E-state index in [0.717, 1.165) is 36.8 Å². The molecule has 2 atom stereocenters. The van der Waals surface area contributed by atoms with Crippen molar-refractivity contribution in [1.29, 1.82) is 0 Å². The third kappa shape index (κ3) is 7.93. The Morgan fingerprint density at radius 3 is 2.23 bits per heavy atom. The Labute approximate surface area is 209 Å². The van der Waals surface area contributed by atoms with Crippen LogP contribution in [0.2, 0.25) is 0 Å². The predicted molar refractivity (Wildman–Crippen MR) is 143 cm³/mol. The molecule has 186 valence electrons. The molecule has 0 radical (unpaired) electrons. The number of hydrogen-bond acceptors (Lipinski definition) is 4. The molecule has 5 nitrogen and oxygen atoms in total. The van der Waals surface area contributed by atoms with Gasteiger partial charge < -0.3 is 10.1 Å². The van der Waals surface area contributed by atoms with E-state index >= 15 is 0 Å².